The summed E-state index contributed by atoms with van der Waals surface area (Å²) in [4.78, 5) is 42.5. The first kappa shape index (κ1) is 22.1. The monoisotopic (exact) mass is 446 g/mol. The minimum atomic E-state index is -4.79. The molecule has 12 heteroatoms. The Kier molecular flexibility index (Phi) is 6.13. The number of nitrogens with zero attached hydrogens (tertiary/aromatic N) is 4. The molecule has 1 heterocycles. The molecule has 2 amide bonds. The highest BCUT2D eigenvalue weighted by Crippen LogP contribution is 2.23. The van der Waals surface area contributed by atoms with Crippen LogP contribution in [-0.2, 0) is 24.5 Å². The van der Waals surface area contributed by atoms with Crippen molar-refractivity contribution in [3.63, 3.8) is 0 Å². The third-order valence-corrected chi connectivity index (χ3v) is 5.43. The number of azo groups is 1. The molecule has 1 N–H and O–H groups in total. The number of rotatable bonds is 6. The van der Waals surface area contributed by atoms with E-state index in [1.54, 1.807) is 12.1 Å². The van der Waals surface area contributed by atoms with E-state index in [2.05, 4.69) is 10.2 Å². The van der Waals surface area contributed by atoms with Gasteiger partial charge in [0.25, 0.3) is 21.9 Å². The van der Waals surface area contributed by atoms with E-state index >= 15 is 0 Å². The molecule has 0 saturated carbocycles. The summed E-state index contributed by atoms with van der Waals surface area (Å²) in [7, 11) is -0.944. The first-order valence-electron chi connectivity index (χ1n) is 8.91. The highest BCUT2D eigenvalue weighted by Gasteiger charge is 2.48. The second-order valence-electron chi connectivity index (χ2n) is 6.77. The van der Waals surface area contributed by atoms with Crippen molar-refractivity contribution in [2.24, 2.45) is 10.2 Å². The van der Waals surface area contributed by atoms with E-state index in [0.29, 0.717) is 11.4 Å². The van der Waals surface area contributed by atoms with Gasteiger partial charge >= 0.3 is 5.97 Å². The van der Waals surface area contributed by atoms with Gasteiger partial charge in [-0.25, -0.2) is 4.79 Å². The predicted molar refractivity (Wildman–Crippen MR) is 109 cm³/mol. The van der Waals surface area contributed by atoms with Crippen LogP contribution >= 0.6 is 0 Å². The van der Waals surface area contributed by atoms with Crippen LogP contribution in [0.25, 0.3) is 0 Å². The molecular weight excluding hydrogens is 428 g/mol. The van der Waals surface area contributed by atoms with Gasteiger partial charge in [0.1, 0.15) is 0 Å². The number of carbonyl (C=O) groups excluding carboxylic acids is 3. The van der Waals surface area contributed by atoms with Crippen LogP contribution < -0.4 is 4.90 Å². The molecular formula is C19H18N4O7S. The Balaban J connectivity index is 1.65. The van der Waals surface area contributed by atoms with Gasteiger partial charge < -0.3 is 9.74 Å². The van der Waals surface area contributed by atoms with Crippen LogP contribution in [0, 0.1) is 0 Å². The summed E-state index contributed by atoms with van der Waals surface area (Å²) in [5, 5.41) is 6.22. The van der Waals surface area contributed by atoms with Crippen molar-refractivity contribution in [3.8, 4) is 0 Å². The lowest BCUT2D eigenvalue weighted by atomic mass is 10.2. The molecule has 0 aromatic heterocycles. The standard InChI is InChI=1S/C19H18N4O7S/c1-22(2)15-9-7-14(8-10-15)21-20-13-5-3-12(4-6-13)19(26)30-23-17(24)11-16(18(23)25)31(27,28)29/h3-10,16H,11H2,1-2H3,(H,27,28,29). The minimum absolute atomic E-state index is 0.00908. The summed E-state index contributed by atoms with van der Waals surface area (Å²) in [6.45, 7) is 0. The first-order chi connectivity index (χ1) is 14.6. The van der Waals surface area contributed by atoms with Crippen LogP contribution in [0.2, 0.25) is 0 Å². The van der Waals surface area contributed by atoms with E-state index in [0.717, 1.165) is 5.69 Å². The van der Waals surface area contributed by atoms with Crippen molar-refractivity contribution in [2.75, 3.05) is 19.0 Å². The molecule has 1 aliphatic heterocycles. The van der Waals surface area contributed by atoms with Crippen molar-refractivity contribution >= 4 is 45.0 Å². The zero-order valence-electron chi connectivity index (χ0n) is 16.5. The van der Waals surface area contributed by atoms with Crippen LogP contribution in [0.3, 0.4) is 0 Å². The minimum Gasteiger partial charge on any atom is -0.378 e. The number of benzene rings is 2. The molecule has 1 atom stereocenters. The maximum atomic E-state index is 12.2. The van der Waals surface area contributed by atoms with E-state index in [1.165, 1.54) is 24.3 Å². The molecule has 1 fully saturated rings. The lowest BCUT2D eigenvalue weighted by Gasteiger charge is -2.13. The van der Waals surface area contributed by atoms with Gasteiger partial charge in [0.2, 0.25) is 0 Å². The largest absolute Gasteiger partial charge is 0.378 e. The van der Waals surface area contributed by atoms with Crippen molar-refractivity contribution in [1.29, 1.82) is 0 Å². The lowest BCUT2D eigenvalue weighted by molar-refractivity contribution is -0.172. The number of hydroxylamine groups is 2. The van der Waals surface area contributed by atoms with Crippen molar-refractivity contribution in [3.05, 3.63) is 54.1 Å². The average molecular weight is 446 g/mol. The molecule has 0 aliphatic carbocycles. The highest BCUT2D eigenvalue weighted by molar-refractivity contribution is 7.87. The molecule has 1 saturated heterocycles. The molecule has 1 unspecified atom stereocenters. The van der Waals surface area contributed by atoms with E-state index in [-0.39, 0.29) is 10.6 Å². The molecule has 3 rings (SSSR count). The Morgan fingerprint density at radius 3 is 2.00 bits per heavy atom. The Bertz CT molecular complexity index is 1140. The number of carbonyl (C=O) groups is 3. The maximum absolute atomic E-state index is 12.2. The molecule has 2 aromatic carbocycles. The summed E-state index contributed by atoms with van der Waals surface area (Å²) < 4.78 is 31.3. The Hall–Kier alpha value is -3.64. The highest BCUT2D eigenvalue weighted by atomic mass is 32.2. The van der Waals surface area contributed by atoms with Gasteiger partial charge in [-0.05, 0) is 48.5 Å². The number of amides is 2. The van der Waals surface area contributed by atoms with Gasteiger partial charge in [0.15, 0.2) is 5.25 Å². The summed E-state index contributed by atoms with van der Waals surface area (Å²) in [5.41, 5.74) is 2.08. The van der Waals surface area contributed by atoms with Gasteiger partial charge in [-0.2, -0.15) is 18.6 Å². The Labute approximate surface area is 177 Å². The number of hydrogen-bond acceptors (Lipinski definition) is 9. The summed E-state index contributed by atoms with van der Waals surface area (Å²) in [6.07, 6.45) is -0.806. The number of anilines is 1. The van der Waals surface area contributed by atoms with Crippen molar-refractivity contribution in [1.82, 2.24) is 5.06 Å². The third kappa shape index (κ3) is 5.10. The van der Waals surface area contributed by atoms with Crippen LogP contribution in [-0.4, -0.2) is 55.2 Å². The zero-order valence-corrected chi connectivity index (χ0v) is 17.3. The SMILES string of the molecule is CN(C)c1ccc(N=Nc2ccc(C(=O)ON3C(=O)CC(S(=O)(=O)O)C3=O)cc2)cc1. The summed E-state index contributed by atoms with van der Waals surface area (Å²) >= 11 is 0. The second-order valence-corrected chi connectivity index (χ2v) is 8.37. The predicted octanol–water partition coefficient (Wildman–Crippen LogP) is 2.26. The topological polar surface area (TPSA) is 146 Å². The zero-order chi connectivity index (χ0) is 22.8. The molecule has 0 spiro atoms. The van der Waals surface area contributed by atoms with Crippen LogP contribution in [0.1, 0.15) is 16.8 Å². The summed E-state index contributed by atoms with van der Waals surface area (Å²) in [5.74, 6) is -3.43. The molecule has 2 aromatic rings. The van der Waals surface area contributed by atoms with E-state index in [4.69, 9.17) is 9.39 Å². The van der Waals surface area contributed by atoms with Crippen LogP contribution in [0.4, 0.5) is 17.1 Å². The Morgan fingerprint density at radius 1 is 1.03 bits per heavy atom. The van der Waals surface area contributed by atoms with Crippen molar-refractivity contribution < 1.29 is 32.2 Å². The number of imide groups is 1. The molecule has 0 bridgehead atoms. The lowest BCUT2D eigenvalue weighted by Crippen LogP contribution is -2.36. The second kappa shape index (κ2) is 8.62. The van der Waals surface area contributed by atoms with Gasteiger partial charge in [-0.1, -0.05) is 0 Å². The third-order valence-electron chi connectivity index (χ3n) is 4.35. The van der Waals surface area contributed by atoms with E-state index < -0.39 is 39.6 Å². The molecule has 11 nitrogen and oxygen atoms in total. The molecule has 1 aliphatic rings. The van der Waals surface area contributed by atoms with Gasteiger partial charge in [0, 0.05) is 19.8 Å². The normalized spacial score (nSPS) is 16.7. The number of hydrogen-bond donors (Lipinski definition) is 1. The van der Waals surface area contributed by atoms with Crippen molar-refractivity contribution in [2.45, 2.75) is 11.7 Å². The smallest absolute Gasteiger partial charge is 0.363 e. The van der Waals surface area contributed by atoms with E-state index in [1.807, 2.05) is 31.1 Å². The fourth-order valence-electron chi connectivity index (χ4n) is 2.64. The first-order valence-corrected chi connectivity index (χ1v) is 10.4. The van der Waals surface area contributed by atoms with Gasteiger partial charge in [-0.3, -0.25) is 14.1 Å². The fourth-order valence-corrected chi connectivity index (χ4v) is 3.35. The van der Waals surface area contributed by atoms with Gasteiger partial charge in [0.05, 0.1) is 23.4 Å². The van der Waals surface area contributed by atoms with E-state index in [9.17, 15) is 22.8 Å². The molecule has 162 valence electrons. The maximum Gasteiger partial charge on any atom is 0.363 e. The average Bonchev–Trinajstić information content (AvgIpc) is 3.01. The van der Waals surface area contributed by atoms with Crippen LogP contribution in [0.15, 0.2) is 58.8 Å². The molecule has 0 radical (unpaired) electrons. The van der Waals surface area contributed by atoms with Crippen LogP contribution in [0.5, 0.6) is 0 Å². The summed E-state index contributed by atoms with van der Waals surface area (Å²) in [6, 6.07) is 13.0. The fraction of sp³-hybridized carbons (Fsp3) is 0.211. The Morgan fingerprint density at radius 2 is 1.55 bits per heavy atom. The quantitative estimate of drug-likeness (QED) is 0.404. The van der Waals surface area contributed by atoms with Gasteiger partial charge in [-0.15, -0.1) is 5.06 Å². The molecule has 31 heavy (non-hydrogen) atoms.